The van der Waals surface area contributed by atoms with Crippen LogP contribution in [0, 0.1) is 0 Å². The van der Waals surface area contributed by atoms with Gasteiger partial charge in [-0.2, -0.15) is 0 Å². The van der Waals surface area contributed by atoms with E-state index in [1.807, 2.05) is 24.9 Å². The smallest absolute Gasteiger partial charge is 0.191 e. The van der Waals surface area contributed by atoms with Crippen molar-refractivity contribution >= 4 is 29.1 Å². The van der Waals surface area contributed by atoms with E-state index in [2.05, 4.69) is 76.4 Å². The Morgan fingerprint density at radius 1 is 1.17 bits per heavy atom. The quantitative estimate of drug-likeness (QED) is 0.327. The Morgan fingerprint density at radius 2 is 1.96 bits per heavy atom. The lowest BCUT2D eigenvalue weighted by molar-refractivity contribution is 0.302. The van der Waals surface area contributed by atoms with E-state index in [4.69, 9.17) is 0 Å². The van der Waals surface area contributed by atoms with E-state index in [0.717, 1.165) is 24.8 Å². The molecule has 0 bridgehead atoms. The number of thioether (sulfide) groups is 1. The van der Waals surface area contributed by atoms with Crippen LogP contribution in [0.5, 0.6) is 0 Å². The molecule has 24 heavy (non-hydrogen) atoms. The third-order valence-electron chi connectivity index (χ3n) is 3.59. The van der Waals surface area contributed by atoms with Gasteiger partial charge in [-0.1, -0.05) is 24.3 Å². The van der Waals surface area contributed by atoms with Gasteiger partial charge in [0.1, 0.15) is 0 Å². The van der Waals surface area contributed by atoms with Crippen molar-refractivity contribution in [2.45, 2.75) is 10.9 Å². The van der Waals surface area contributed by atoms with E-state index < -0.39 is 0 Å². The maximum Gasteiger partial charge on any atom is 0.191 e. The fourth-order valence-electron chi connectivity index (χ4n) is 2.29. The van der Waals surface area contributed by atoms with Crippen molar-refractivity contribution in [3.8, 4) is 0 Å². The lowest BCUT2D eigenvalue weighted by Gasteiger charge is -2.24. The van der Waals surface area contributed by atoms with Gasteiger partial charge < -0.3 is 15.5 Å². The van der Waals surface area contributed by atoms with Gasteiger partial charge in [-0.05, 0) is 37.7 Å². The maximum absolute atomic E-state index is 4.32. The minimum Gasteiger partial charge on any atom is -0.356 e. The zero-order valence-electron chi connectivity index (χ0n) is 14.5. The highest BCUT2D eigenvalue weighted by atomic mass is 32.2. The van der Waals surface area contributed by atoms with Crippen LogP contribution in [-0.4, -0.2) is 50.8 Å². The zero-order chi connectivity index (χ0) is 17.2. The monoisotopic (exact) mass is 362 g/mol. The van der Waals surface area contributed by atoms with Crippen LogP contribution >= 0.6 is 23.1 Å². The SMILES string of the molecule is CN=C(NCCSc1ccccc1)NCC(c1cccs1)N(C)C. The first-order valence-corrected chi connectivity index (χ1v) is 9.89. The molecule has 1 aromatic heterocycles. The molecular formula is C18H26N4S2. The summed E-state index contributed by atoms with van der Waals surface area (Å²) in [6.07, 6.45) is 0. The topological polar surface area (TPSA) is 39.7 Å². The summed E-state index contributed by atoms with van der Waals surface area (Å²) in [6, 6.07) is 15.1. The average Bonchev–Trinajstić information content (AvgIpc) is 3.12. The molecule has 0 aliphatic heterocycles. The lowest BCUT2D eigenvalue weighted by atomic mass is 10.2. The summed E-state index contributed by atoms with van der Waals surface area (Å²) >= 11 is 3.64. The van der Waals surface area contributed by atoms with Crippen molar-refractivity contribution < 1.29 is 0 Å². The summed E-state index contributed by atoms with van der Waals surface area (Å²) in [6.45, 7) is 1.71. The number of likely N-dealkylation sites (N-methyl/N-ethyl adjacent to an activating group) is 1. The Kier molecular flexibility index (Phi) is 8.15. The van der Waals surface area contributed by atoms with Gasteiger partial charge in [-0.3, -0.25) is 4.99 Å². The van der Waals surface area contributed by atoms with E-state index >= 15 is 0 Å². The van der Waals surface area contributed by atoms with Crippen LogP contribution in [-0.2, 0) is 0 Å². The molecule has 2 rings (SSSR count). The first-order valence-electron chi connectivity index (χ1n) is 8.03. The van der Waals surface area contributed by atoms with Crippen LogP contribution in [0.3, 0.4) is 0 Å². The number of nitrogens with one attached hydrogen (secondary N) is 2. The van der Waals surface area contributed by atoms with Crippen molar-refractivity contribution in [3.63, 3.8) is 0 Å². The molecule has 0 aliphatic rings. The van der Waals surface area contributed by atoms with Crippen molar-refractivity contribution in [1.82, 2.24) is 15.5 Å². The van der Waals surface area contributed by atoms with Gasteiger partial charge in [0.05, 0.1) is 6.04 Å². The van der Waals surface area contributed by atoms with Gasteiger partial charge >= 0.3 is 0 Å². The van der Waals surface area contributed by atoms with Gasteiger partial charge in [0.2, 0.25) is 0 Å². The number of rotatable bonds is 8. The number of aliphatic imine (C=N–C) groups is 1. The Hall–Kier alpha value is -1.50. The molecular weight excluding hydrogens is 336 g/mol. The molecule has 2 aromatic rings. The van der Waals surface area contributed by atoms with Gasteiger partial charge in [-0.15, -0.1) is 23.1 Å². The average molecular weight is 363 g/mol. The Balaban J connectivity index is 1.73. The number of hydrogen-bond acceptors (Lipinski definition) is 4. The number of hydrogen-bond donors (Lipinski definition) is 2. The molecule has 1 aromatic carbocycles. The fourth-order valence-corrected chi connectivity index (χ4v) is 4.00. The van der Waals surface area contributed by atoms with Gasteiger partial charge in [0, 0.05) is 35.7 Å². The van der Waals surface area contributed by atoms with E-state index in [0.29, 0.717) is 6.04 Å². The van der Waals surface area contributed by atoms with Crippen LogP contribution in [0.15, 0.2) is 57.7 Å². The first-order chi connectivity index (χ1) is 11.7. The van der Waals surface area contributed by atoms with Crippen molar-refractivity contribution in [1.29, 1.82) is 0 Å². The number of benzene rings is 1. The van der Waals surface area contributed by atoms with Crippen LogP contribution in [0.4, 0.5) is 0 Å². The van der Waals surface area contributed by atoms with Gasteiger partial charge in [0.25, 0.3) is 0 Å². The molecule has 0 saturated carbocycles. The third-order valence-corrected chi connectivity index (χ3v) is 5.58. The zero-order valence-corrected chi connectivity index (χ0v) is 16.2. The third kappa shape index (κ3) is 6.19. The summed E-state index contributed by atoms with van der Waals surface area (Å²) in [5, 5.41) is 8.94. The Labute approximate surface area is 153 Å². The van der Waals surface area contributed by atoms with E-state index in [1.165, 1.54) is 9.77 Å². The molecule has 0 radical (unpaired) electrons. The van der Waals surface area contributed by atoms with Gasteiger partial charge in [-0.25, -0.2) is 0 Å². The summed E-state index contributed by atoms with van der Waals surface area (Å²) in [7, 11) is 6.03. The summed E-state index contributed by atoms with van der Waals surface area (Å²) < 4.78 is 0. The molecule has 6 heteroatoms. The molecule has 1 unspecified atom stereocenters. The molecule has 2 N–H and O–H groups in total. The van der Waals surface area contributed by atoms with E-state index in [9.17, 15) is 0 Å². The summed E-state index contributed by atoms with van der Waals surface area (Å²) in [5.41, 5.74) is 0. The Bertz CT molecular complexity index is 597. The molecule has 0 aliphatic carbocycles. The second-order valence-corrected chi connectivity index (χ2v) is 7.68. The van der Waals surface area contributed by atoms with E-state index in [1.54, 1.807) is 11.3 Å². The molecule has 0 amide bonds. The standard InChI is InChI=1S/C18H26N4S2/c1-19-18(20-11-13-23-15-8-5-4-6-9-15)21-14-16(22(2)3)17-10-7-12-24-17/h4-10,12,16H,11,13-14H2,1-3H3,(H2,19,20,21). The molecule has 1 heterocycles. The minimum absolute atomic E-state index is 0.349. The second-order valence-electron chi connectivity index (χ2n) is 5.54. The van der Waals surface area contributed by atoms with Crippen LogP contribution in [0.1, 0.15) is 10.9 Å². The van der Waals surface area contributed by atoms with Crippen molar-refractivity contribution in [3.05, 3.63) is 52.7 Å². The van der Waals surface area contributed by atoms with Crippen LogP contribution in [0.25, 0.3) is 0 Å². The number of thiophene rings is 1. The minimum atomic E-state index is 0.349. The predicted molar refractivity (Wildman–Crippen MR) is 107 cm³/mol. The largest absolute Gasteiger partial charge is 0.356 e. The normalized spacial score (nSPS) is 13.1. The van der Waals surface area contributed by atoms with Gasteiger partial charge in [0.15, 0.2) is 5.96 Å². The molecule has 0 saturated heterocycles. The second kappa shape index (κ2) is 10.4. The van der Waals surface area contributed by atoms with Crippen LogP contribution < -0.4 is 10.6 Å². The number of guanidine groups is 1. The maximum atomic E-state index is 4.32. The highest BCUT2D eigenvalue weighted by Gasteiger charge is 2.15. The summed E-state index contributed by atoms with van der Waals surface area (Å²) in [4.78, 5) is 9.21. The summed E-state index contributed by atoms with van der Waals surface area (Å²) in [5.74, 6) is 1.86. The van der Waals surface area contributed by atoms with Crippen molar-refractivity contribution in [2.75, 3.05) is 40.0 Å². The molecule has 0 spiro atoms. The highest BCUT2D eigenvalue weighted by Crippen LogP contribution is 2.22. The molecule has 130 valence electrons. The van der Waals surface area contributed by atoms with E-state index in [-0.39, 0.29) is 0 Å². The Morgan fingerprint density at radius 3 is 2.58 bits per heavy atom. The molecule has 1 atom stereocenters. The van der Waals surface area contributed by atoms with Crippen LogP contribution in [0.2, 0.25) is 0 Å². The van der Waals surface area contributed by atoms with Crippen molar-refractivity contribution in [2.24, 2.45) is 4.99 Å². The lowest BCUT2D eigenvalue weighted by Crippen LogP contribution is -2.42. The highest BCUT2D eigenvalue weighted by molar-refractivity contribution is 7.99. The molecule has 0 fully saturated rings. The first kappa shape index (κ1) is 18.8. The predicted octanol–water partition coefficient (Wildman–Crippen LogP) is 3.31. The molecule has 4 nitrogen and oxygen atoms in total. The number of nitrogens with zero attached hydrogens (tertiary/aromatic N) is 2. The fraction of sp³-hybridized carbons (Fsp3) is 0.389.